The summed E-state index contributed by atoms with van der Waals surface area (Å²) in [4.78, 5) is 16.2. The smallest absolute Gasteiger partial charge is 0.223 e. The minimum Gasteiger partial charge on any atom is -0.396 e. The van der Waals surface area contributed by atoms with Gasteiger partial charge in [-0.25, -0.2) is 0 Å². The standard InChI is InChI=1S/C17H24N2O2/c20-13-15-10-17(21)19(12-15)11-14-4-6-16(7-5-14)18-8-2-1-3-9-18/h4-7,15,20H,1-3,8-13H2. The average Bonchev–Trinajstić information content (AvgIpc) is 2.89. The minimum atomic E-state index is 0.107. The summed E-state index contributed by atoms with van der Waals surface area (Å²) in [7, 11) is 0. The number of amides is 1. The lowest BCUT2D eigenvalue weighted by molar-refractivity contribution is -0.128. The Labute approximate surface area is 126 Å². The van der Waals surface area contributed by atoms with Crippen LogP contribution in [0.5, 0.6) is 0 Å². The van der Waals surface area contributed by atoms with Crippen molar-refractivity contribution in [2.45, 2.75) is 32.2 Å². The molecule has 2 heterocycles. The fourth-order valence-corrected chi connectivity index (χ4v) is 3.31. The van der Waals surface area contributed by atoms with E-state index < -0.39 is 0 Å². The van der Waals surface area contributed by atoms with Crippen molar-refractivity contribution < 1.29 is 9.90 Å². The van der Waals surface area contributed by atoms with Gasteiger partial charge in [-0.3, -0.25) is 4.79 Å². The third kappa shape index (κ3) is 3.38. The van der Waals surface area contributed by atoms with Crippen LogP contribution in [0.25, 0.3) is 0 Å². The molecule has 1 aromatic carbocycles. The molecule has 1 N–H and O–H groups in total. The fourth-order valence-electron chi connectivity index (χ4n) is 3.31. The molecular weight excluding hydrogens is 264 g/mol. The molecule has 2 aliphatic rings. The van der Waals surface area contributed by atoms with Gasteiger partial charge >= 0.3 is 0 Å². The third-order valence-electron chi connectivity index (χ3n) is 4.58. The lowest BCUT2D eigenvalue weighted by Crippen LogP contribution is -2.29. The molecular formula is C17H24N2O2. The number of hydrogen-bond acceptors (Lipinski definition) is 3. The highest BCUT2D eigenvalue weighted by molar-refractivity contribution is 5.78. The Morgan fingerprint density at radius 1 is 1.10 bits per heavy atom. The highest BCUT2D eigenvalue weighted by atomic mass is 16.3. The molecule has 114 valence electrons. The molecule has 4 heteroatoms. The van der Waals surface area contributed by atoms with Crippen LogP contribution in [-0.2, 0) is 11.3 Å². The summed E-state index contributed by atoms with van der Waals surface area (Å²) in [6, 6.07) is 8.60. The molecule has 4 nitrogen and oxygen atoms in total. The fraction of sp³-hybridized carbons (Fsp3) is 0.588. The molecule has 2 aliphatic heterocycles. The summed E-state index contributed by atoms with van der Waals surface area (Å²) in [6.45, 7) is 3.76. The molecule has 0 spiro atoms. The number of aliphatic hydroxyl groups excluding tert-OH is 1. The number of piperidine rings is 1. The van der Waals surface area contributed by atoms with E-state index in [0.717, 1.165) is 13.1 Å². The monoisotopic (exact) mass is 288 g/mol. The molecule has 1 aromatic rings. The number of rotatable bonds is 4. The Morgan fingerprint density at radius 2 is 1.81 bits per heavy atom. The zero-order valence-corrected chi connectivity index (χ0v) is 12.5. The molecule has 2 saturated heterocycles. The van der Waals surface area contributed by atoms with E-state index >= 15 is 0 Å². The number of hydrogen-bond donors (Lipinski definition) is 1. The van der Waals surface area contributed by atoms with Crippen LogP contribution in [-0.4, -0.2) is 42.2 Å². The van der Waals surface area contributed by atoms with Gasteiger partial charge in [0.15, 0.2) is 0 Å². The minimum absolute atomic E-state index is 0.107. The number of likely N-dealkylation sites (tertiary alicyclic amines) is 1. The van der Waals surface area contributed by atoms with Gasteiger partial charge in [0.1, 0.15) is 0 Å². The molecule has 3 rings (SSSR count). The number of carbonyl (C=O) groups excluding carboxylic acids is 1. The number of nitrogens with zero attached hydrogens (tertiary/aromatic N) is 2. The van der Waals surface area contributed by atoms with Gasteiger partial charge in [0.2, 0.25) is 5.91 Å². The van der Waals surface area contributed by atoms with Crippen LogP contribution < -0.4 is 4.90 Å². The maximum absolute atomic E-state index is 11.9. The van der Waals surface area contributed by atoms with Crippen LogP contribution in [0.3, 0.4) is 0 Å². The van der Waals surface area contributed by atoms with Crippen molar-refractivity contribution in [3.8, 4) is 0 Å². The van der Waals surface area contributed by atoms with Crippen molar-refractivity contribution in [3.63, 3.8) is 0 Å². The maximum atomic E-state index is 11.9. The van der Waals surface area contributed by atoms with Crippen molar-refractivity contribution in [3.05, 3.63) is 29.8 Å². The summed E-state index contributed by atoms with van der Waals surface area (Å²) in [6.07, 6.45) is 4.40. The van der Waals surface area contributed by atoms with Crippen LogP contribution >= 0.6 is 0 Å². The summed E-state index contributed by atoms with van der Waals surface area (Å²) in [5.74, 6) is 0.277. The molecule has 0 aromatic heterocycles. The highest BCUT2D eigenvalue weighted by Crippen LogP contribution is 2.23. The first-order valence-electron chi connectivity index (χ1n) is 7.99. The second-order valence-electron chi connectivity index (χ2n) is 6.24. The van der Waals surface area contributed by atoms with Gasteiger partial charge in [-0.05, 0) is 37.0 Å². The molecule has 1 unspecified atom stereocenters. The van der Waals surface area contributed by atoms with Crippen molar-refractivity contribution >= 4 is 11.6 Å². The van der Waals surface area contributed by atoms with Gasteiger partial charge in [-0.15, -0.1) is 0 Å². The van der Waals surface area contributed by atoms with Gasteiger partial charge in [0.25, 0.3) is 0 Å². The average molecular weight is 288 g/mol. The summed E-state index contributed by atoms with van der Waals surface area (Å²) in [5, 5.41) is 9.16. The first-order chi connectivity index (χ1) is 10.3. The Balaban J connectivity index is 1.60. The second kappa shape index (κ2) is 6.48. The normalized spacial score (nSPS) is 22.9. The molecule has 0 saturated carbocycles. The van der Waals surface area contributed by atoms with Gasteiger partial charge in [-0.2, -0.15) is 0 Å². The quantitative estimate of drug-likeness (QED) is 0.922. The van der Waals surface area contributed by atoms with E-state index in [4.69, 9.17) is 5.11 Å². The predicted octanol–water partition coefficient (Wildman–Crippen LogP) is 2.02. The first kappa shape index (κ1) is 14.4. The maximum Gasteiger partial charge on any atom is 0.223 e. The number of anilines is 1. The van der Waals surface area contributed by atoms with Crippen LogP contribution in [0, 0.1) is 5.92 Å². The van der Waals surface area contributed by atoms with E-state index in [0.29, 0.717) is 19.5 Å². The SMILES string of the molecule is O=C1CC(CO)CN1Cc1ccc(N2CCCCC2)cc1. The molecule has 0 bridgehead atoms. The van der Waals surface area contributed by atoms with Gasteiger partial charge in [0.05, 0.1) is 0 Å². The Morgan fingerprint density at radius 3 is 2.43 bits per heavy atom. The van der Waals surface area contributed by atoms with E-state index in [2.05, 4.69) is 29.2 Å². The number of carbonyl (C=O) groups is 1. The van der Waals surface area contributed by atoms with E-state index in [9.17, 15) is 4.79 Å². The molecule has 21 heavy (non-hydrogen) atoms. The van der Waals surface area contributed by atoms with E-state index in [-0.39, 0.29) is 18.4 Å². The third-order valence-corrected chi connectivity index (χ3v) is 4.58. The molecule has 2 fully saturated rings. The number of aliphatic hydroxyl groups is 1. The van der Waals surface area contributed by atoms with Gasteiger partial charge < -0.3 is 14.9 Å². The summed E-state index contributed by atoms with van der Waals surface area (Å²) < 4.78 is 0. The van der Waals surface area contributed by atoms with Crippen LogP contribution in [0.15, 0.2) is 24.3 Å². The molecule has 0 radical (unpaired) electrons. The zero-order chi connectivity index (χ0) is 14.7. The van der Waals surface area contributed by atoms with E-state index in [1.54, 1.807) is 0 Å². The van der Waals surface area contributed by atoms with Crippen LogP contribution in [0.4, 0.5) is 5.69 Å². The second-order valence-corrected chi connectivity index (χ2v) is 6.24. The Kier molecular flexibility index (Phi) is 4.44. The van der Waals surface area contributed by atoms with Crippen molar-refractivity contribution in [2.75, 3.05) is 31.1 Å². The van der Waals surface area contributed by atoms with Gasteiger partial charge in [-0.1, -0.05) is 12.1 Å². The van der Waals surface area contributed by atoms with Crippen molar-refractivity contribution in [2.24, 2.45) is 5.92 Å². The molecule has 1 atom stereocenters. The van der Waals surface area contributed by atoms with Gasteiger partial charge in [0, 0.05) is 50.8 Å². The highest BCUT2D eigenvalue weighted by Gasteiger charge is 2.28. The Hall–Kier alpha value is -1.55. The lowest BCUT2D eigenvalue weighted by Gasteiger charge is -2.29. The zero-order valence-electron chi connectivity index (χ0n) is 12.5. The largest absolute Gasteiger partial charge is 0.396 e. The van der Waals surface area contributed by atoms with E-state index in [1.165, 1.54) is 30.5 Å². The van der Waals surface area contributed by atoms with Crippen molar-refractivity contribution in [1.82, 2.24) is 4.90 Å². The number of benzene rings is 1. The van der Waals surface area contributed by atoms with Crippen LogP contribution in [0.1, 0.15) is 31.2 Å². The molecule has 1 amide bonds. The lowest BCUT2D eigenvalue weighted by atomic mass is 10.1. The summed E-state index contributed by atoms with van der Waals surface area (Å²) in [5.41, 5.74) is 2.46. The summed E-state index contributed by atoms with van der Waals surface area (Å²) >= 11 is 0. The van der Waals surface area contributed by atoms with Crippen molar-refractivity contribution in [1.29, 1.82) is 0 Å². The molecule has 0 aliphatic carbocycles. The van der Waals surface area contributed by atoms with Crippen LogP contribution in [0.2, 0.25) is 0 Å². The predicted molar refractivity (Wildman–Crippen MR) is 83.1 cm³/mol. The topological polar surface area (TPSA) is 43.8 Å². The first-order valence-corrected chi connectivity index (χ1v) is 7.99. The van der Waals surface area contributed by atoms with E-state index in [1.807, 2.05) is 4.90 Å². The Bertz CT molecular complexity index is 480.